The third-order valence-corrected chi connectivity index (χ3v) is 3.03. The number of nitrogens with two attached hydrogens (primary N) is 1. The zero-order valence-electron chi connectivity index (χ0n) is 9.23. The molecule has 1 fully saturated rings. The van der Waals surface area contributed by atoms with Crippen molar-refractivity contribution in [1.29, 1.82) is 0 Å². The summed E-state index contributed by atoms with van der Waals surface area (Å²) >= 11 is 0. The molecule has 2 aromatic rings. The minimum absolute atomic E-state index is 0.250. The normalized spacial score (nSPS) is 16.8. The molecule has 0 saturated heterocycles. The fourth-order valence-corrected chi connectivity index (χ4v) is 1.74. The molecule has 4 heteroatoms. The maximum Gasteiger partial charge on any atom is 0.148 e. The standard InChI is InChI=1S/C13H12FN3/c14-10-3-1-9(2-4-10)11-5-8-16-12(17-11)13(15)6-7-13/h1-5,8H,6-7,15H2. The molecule has 0 radical (unpaired) electrons. The van der Waals surface area contributed by atoms with Gasteiger partial charge in [-0.1, -0.05) is 0 Å². The highest BCUT2D eigenvalue weighted by atomic mass is 19.1. The third-order valence-electron chi connectivity index (χ3n) is 3.03. The zero-order valence-corrected chi connectivity index (χ0v) is 9.23. The molecule has 1 aliphatic rings. The van der Waals surface area contributed by atoms with Crippen LogP contribution in [0.4, 0.5) is 4.39 Å². The van der Waals surface area contributed by atoms with E-state index < -0.39 is 0 Å². The van der Waals surface area contributed by atoms with Gasteiger partial charge in [0.1, 0.15) is 11.6 Å². The van der Waals surface area contributed by atoms with E-state index in [9.17, 15) is 4.39 Å². The molecule has 1 aromatic carbocycles. The first-order valence-electron chi connectivity index (χ1n) is 5.56. The Labute approximate surface area is 98.5 Å². The van der Waals surface area contributed by atoms with Crippen molar-refractivity contribution in [3.8, 4) is 11.3 Å². The van der Waals surface area contributed by atoms with Gasteiger partial charge in [-0.05, 0) is 43.2 Å². The maximum atomic E-state index is 12.8. The first kappa shape index (κ1) is 10.4. The summed E-state index contributed by atoms with van der Waals surface area (Å²) in [5.41, 5.74) is 7.38. The smallest absolute Gasteiger partial charge is 0.148 e. The SMILES string of the molecule is NC1(c2nccc(-c3ccc(F)cc3)n2)CC1. The van der Waals surface area contributed by atoms with Crippen molar-refractivity contribution in [3.05, 3.63) is 48.2 Å². The Morgan fingerprint density at radius 3 is 2.47 bits per heavy atom. The molecular formula is C13H12FN3. The second kappa shape index (κ2) is 3.60. The monoisotopic (exact) mass is 229 g/mol. The van der Waals surface area contributed by atoms with E-state index in [0.717, 1.165) is 24.1 Å². The van der Waals surface area contributed by atoms with Gasteiger partial charge >= 0.3 is 0 Å². The molecule has 0 aliphatic heterocycles. The van der Waals surface area contributed by atoms with Gasteiger partial charge in [0.2, 0.25) is 0 Å². The van der Waals surface area contributed by atoms with Crippen LogP contribution < -0.4 is 5.73 Å². The summed E-state index contributed by atoms with van der Waals surface area (Å²) in [7, 11) is 0. The molecule has 1 aromatic heterocycles. The largest absolute Gasteiger partial charge is 0.319 e. The lowest BCUT2D eigenvalue weighted by Crippen LogP contribution is -2.22. The summed E-state index contributed by atoms with van der Waals surface area (Å²) in [6.45, 7) is 0. The Bertz CT molecular complexity index is 547. The van der Waals surface area contributed by atoms with Crippen molar-refractivity contribution in [1.82, 2.24) is 9.97 Å². The lowest BCUT2D eigenvalue weighted by Gasteiger charge is -2.08. The van der Waals surface area contributed by atoms with Crippen LogP contribution in [0.5, 0.6) is 0 Å². The van der Waals surface area contributed by atoms with Crippen LogP contribution >= 0.6 is 0 Å². The van der Waals surface area contributed by atoms with Crippen LogP contribution in [-0.2, 0) is 5.54 Å². The number of nitrogens with zero attached hydrogens (tertiary/aromatic N) is 2. The van der Waals surface area contributed by atoms with Crippen LogP contribution in [0.15, 0.2) is 36.5 Å². The molecule has 0 bridgehead atoms. The summed E-state index contributed by atoms with van der Waals surface area (Å²) in [5, 5.41) is 0. The minimum atomic E-state index is -0.337. The summed E-state index contributed by atoms with van der Waals surface area (Å²) in [6.07, 6.45) is 3.56. The van der Waals surface area contributed by atoms with E-state index in [-0.39, 0.29) is 11.4 Å². The fraction of sp³-hybridized carbons (Fsp3) is 0.231. The third kappa shape index (κ3) is 1.91. The van der Waals surface area contributed by atoms with Crippen molar-refractivity contribution in [2.75, 3.05) is 0 Å². The van der Waals surface area contributed by atoms with E-state index in [1.165, 1.54) is 12.1 Å². The zero-order chi connectivity index (χ0) is 11.9. The summed E-state index contributed by atoms with van der Waals surface area (Å²) in [5.74, 6) is 0.430. The van der Waals surface area contributed by atoms with E-state index in [1.807, 2.05) is 6.07 Å². The Hall–Kier alpha value is -1.81. The second-order valence-electron chi connectivity index (χ2n) is 4.43. The van der Waals surface area contributed by atoms with Crippen molar-refractivity contribution in [2.24, 2.45) is 5.73 Å². The molecule has 0 spiro atoms. The van der Waals surface area contributed by atoms with E-state index >= 15 is 0 Å². The van der Waals surface area contributed by atoms with Gasteiger partial charge in [0.05, 0.1) is 11.2 Å². The van der Waals surface area contributed by atoms with Gasteiger partial charge in [0.15, 0.2) is 0 Å². The Morgan fingerprint density at radius 2 is 1.82 bits per heavy atom. The molecule has 1 saturated carbocycles. The highest BCUT2D eigenvalue weighted by Crippen LogP contribution is 2.40. The van der Waals surface area contributed by atoms with Gasteiger partial charge in [-0.3, -0.25) is 0 Å². The highest BCUT2D eigenvalue weighted by molar-refractivity contribution is 5.58. The van der Waals surface area contributed by atoms with E-state index in [1.54, 1.807) is 18.3 Å². The summed E-state index contributed by atoms with van der Waals surface area (Å²) in [4.78, 5) is 8.65. The van der Waals surface area contributed by atoms with Gasteiger partial charge < -0.3 is 5.73 Å². The highest BCUT2D eigenvalue weighted by Gasteiger charge is 2.43. The number of benzene rings is 1. The van der Waals surface area contributed by atoms with Gasteiger partial charge in [-0.15, -0.1) is 0 Å². The van der Waals surface area contributed by atoms with Crippen molar-refractivity contribution < 1.29 is 4.39 Å². The molecule has 1 heterocycles. The van der Waals surface area contributed by atoms with Crippen LogP contribution in [-0.4, -0.2) is 9.97 Å². The molecule has 3 nitrogen and oxygen atoms in total. The Balaban J connectivity index is 2.00. The molecule has 86 valence electrons. The predicted octanol–water partition coefficient (Wildman–Crippen LogP) is 2.23. The average Bonchev–Trinajstić information content (AvgIpc) is 3.10. The van der Waals surface area contributed by atoms with E-state index in [4.69, 9.17) is 5.73 Å². The number of halogens is 1. The quantitative estimate of drug-likeness (QED) is 0.859. The van der Waals surface area contributed by atoms with E-state index in [0.29, 0.717) is 5.82 Å². The molecular weight excluding hydrogens is 217 g/mol. The van der Waals surface area contributed by atoms with Gasteiger partial charge in [-0.25, -0.2) is 14.4 Å². The molecule has 0 atom stereocenters. The van der Waals surface area contributed by atoms with Crippen LogP contribution in [0, 0.1) is 5.82 Å². The summed E-state index contributed by atoms with van der Waals surface area (Å²) < 4.78 is 12.8. The summed E-state index contributed by atoms with van der Waals surface area (Å²) in [6, 6.07) is 8.07. The van der Waals surface area contributed by atoms with Gasteiger partial charge in [0.25, 0.3) is 0 Å². The molecule has 17 heavy (non-hydrogen) atoms. The van der Waals surface area contributed by atoms with Gasteiger partial charge in [0, 0.05) is 11.8 Å². The molecule has 1 aliphatic carbocycles. The van der Waals surface area contributed by atoms with Crippen LogP contribution in [0.2, 0.25) is 0 Å². The predicted molar refractivity (Wildman–Crippen MR) is 62.5 cm³/mol. The lowest BCUT2D eigenvalue weighted by molar-refractivity contribution is 0.628. The van der Waals surface area contributed by atoms with Crippen molar-refractivity contribution in [2.45, 2.75) is 18.4 Å². The minimum Gasteiger partial charge on any atom is -0.319 e. The van der Waals surface area contributed by atoms with Gasteiger partial charge in [-0.2, -0.15) is 0 Å². The van der Waals surface area contributed by atoms with Crippen LogP contribution in [0.3, 0.4) is 0 Å². The second-order valence-corrected chi connectivity index (χ2v) is 4.43. The number of hydrogen-bond acceptors (Lipinski definition) is 3. The Kier molecular flexibility index (Phi) is 2.19. The number of hydrogen-bond donors (Lipinski definition) is 1. The number of aromatic nitrogens is 2. The van der Waals surface area contributed by atoms with Crippen LogP contribution in [0.25, 0.3) is 11.3 Å². The Morgan fingerprint density at radius 1 is 1.12 bits per heavy atom. The lowest BCUT2D eigenvalue weighted by atomic mass is 10.1. The molecule has 2 N–H and O–H groups in total. The van der Waals surface area contributed by atoms with E-state index in [2.05, 4.69) is 9.97 Å². The maximum absolute atomic E-state index is 12.8. The molecule has 3 rings (SSSR count). The molecule has 0 unspecified atom stereocenters. The first-order chi connectivity index (χ1) is 8.17. The average molecular weight is 229 g/mol. The van der Waals surface area contributed by atoms with Crippen LogP contribution in [0.1, 0.15) is 18.7 Å². The fourth-order valence-electron chi connectivity index (χ4n) is 1.74. The van der Waals surface area contributed by atoms with Crippen molar-refractivity contribution >= 4 is 0 Å². The number of rotatable bonds is 2. The topological polar surface area (TPSA) is 51.8 Å². The van der Waals surface area contributed by atoms with Crippen molar-refractivity contribution in [3.63, 3.8) is 0 Å². The first-order valence-corrected chi connectivity index (χ1v) is 5.56. The molecule has 0 amide bonds.